The average Bonchev–Trinajstić information content (AvgIpc) is 2.21. The number of halogens is 3. The van der Waals surface area contributed by atoms with Crippen LogP contribution in [0.3, 0.4) is 0 Å². The Labute approximate surface area is 105 Å². The maximum atomic E-state index is 6.01. The number of rotatable bonds is 4. The standard InChI is InChI=1S/C10H13Cl3N2/c1-2-3-4-7(14)8-6(11)5-15-10(13)9(8)12/h5,7H,2-4,14H2,1H3/t7-/m0/s1. The van der Waals surface area contributed by atoms with Gasteiger partial charge >= 0.3 is 0 Å². The largest absolute Gasteiger partial charge is 0.324 e. The topological polar surface area (TPSA) is 38.9 Å². The molecule has 0 bridgehead atoms. The van der Waals surface area contributed by atoms with Crippen LogP contribution in [0.5, 0.6) is 0 Å². The molecule has 0 aliphatic heterocycles. The van der Waals surface area contributed by atoms with Gasteiger partial charge in [-0.05, 0) is 6.42 Å². The minimum Gasteiger partial charge on any atom is -0.324 e. The van der Waals surface area contributed by atoms with Crippen molar-refractivity contribution in [3.8, 4) is 0 Å². The quantitative estimate of drug-likeness (QED) is 0.829. The van der Waals surface area contributed by atoms with Crippen LogP contribution in [-0.2, 0) is 0 Å². The zero-order valence-corrected chi connectivity index (χ0v) is 10.7. The van der Waals surface area contributed by atoms with Crippen molar-refractivity contribution in [1.82, 2.24) is 4.98 Å². The summed E-state index contributed by atoms with van der Waals surface area (Å²) in [5.41, 5.74) is 6.70. The molecule has 0 fully saturated rings. The Kier molecular flexibility index (Phi) is 5.13. The minimum atomic E-state index is -0.176. The van der Waals surface area contributed by atoms with Gasteiger partial charge in [0.05, 0.1) is 10.0 Å². The average molecular weight is 268 g/mol. The Bertz CT molecular complexity index is 342. The van der Waals surface area contributed by atoms with Gasteiger partial charge in [-0.15, -0.1) is 0 Å². The molecule has 0 aliphatic rings. The Morgan fingerprint density at radius 3 is 2.67 bits per heavy atom. The second-order valence-corrected chi connectivity index (χ2v) is 4.52. The van der Waals surface area contributed by atoms with E-state index in [0.717, 1.165) is 19.3 Å². The van der Waals surface area contributed by atoms with Crippen molar-refractivity contribution in [3.05, 3.63) is 27.0 Å². The first-order chi connectivity index (χ1) is 7.07. The first-order valence-corrected chi connectivity index (χ1v) is 5.96. The van der Waals surface area contributed by atoms with Crippen LogP contribution < -0.4 is 5.73 Å². The molecule has 0 aliphatic carbocycles. The summed E-state index contributed by atoms with van der Waals surface area (Å²) >= 11 is 17.8. The molecule has 0 spiro atoms. The predicted molar refractivity (Wildman–Crippen MR) is 65.7 cm³/mol. The molecule has 1 atom stereocenters. The van der Waals surface area contributed by atoms with Crippen molar-refractivity contribution in [2.45, 2.75) is 32.2 Å². The molecule has 1 aromatic rings. The lowest BCUT2D eigenvalue weighted by Crippen LogP contribution is -2.11. The number of hydrogen-bond donors (Lipinski definition) is 1. The van der Waals surface area contributed by atoms with E-state index in [1.807, 2.05) is 0 Å². The molecule has 5 heteroatoms. The number of nitrogens with zero attached hydrogens (tertiary/aromatic N) is 1. The highest BCUT2D eigenvalue weighted by Gasteiger charge is 2.16. The van der Waals surface area contributed by atoms with Crippen LogP contribution in [-0.4, -0.2) is 4.98 Å². The number of aromatic nitrogens is 1. The summed E-state index contributed by atoms with van der Waals surface area (Å²) in [7, 11) is 0. The first-order valence-electron chi connectivity index (χ1n) is 4.82. The van der Waals surface area contributed by atoms with Crippen molar-refractivity contribution in [2.24, 2.45) is 5.73 Å². The summed E-state index contributed by atoms with van der Waals surface area (Å²) < 4.78 is 0. The van der Waals surface area contributed by atoms with Gasteiger partial charge < -0.3 is 5.73 Å². The van der Waals surface area contributed by atoms with E-state index < -0.39 is 0 Å². The number of pyridine rings is 1. The molecular weight excluding hydrogens is 254 g/mol. The Morgan fingerprint density at radius 1 is 1.40 bits per heavy atom. The maximum absolute atomic E-state index is 6.01. The Morgan fingerprint density at radius 2 is 2.07 bits per heavy atom. The third kappa shape index (κ3) is 3.22. The lowest BCUT2D eigenvalue weighted by atomic mass is 10.0. The van der Waals surface area contributed by atoms with Gasteiger partial charge in [0, 0.05) is 17.8 Å². The van der Waals surface area contributed by atoms with Crippen LogP contribution >= 0.6 is 34.8 Å². The van der Waals surface area contributed by atoms with Crippen molar-refractivity contribution in [3.63, 3.8) is 0 Å². The molecule has 0 unspecified atom stereocenters. The van der Waals surface area contributed by atoms with Gasteiger partial charge in [-0.3, -0.25) is 0 Å². The van der Waals surface area contributed by atoms with Gasteiger partial charge in [0.25, 0.3) is 0 Å². The molecular formula is C10H13Cl3N2. The van der Waals surface area contributed by atoms with E-state index in [1.165, 1.54) is 6.20 Å². The Balaban J connectivity index is 2.96. The maximum Gasteiger partial charge on any atom is 0.148 e. The highest BCUT2D eigenvalue weighted by molar-refractivity contribution is 6.43. The Hall–Kier alpha value is -0.0200. The normalized spacial score (nSPS) is 12.9. The predicted octanol–water partition coefficient (Wildman–Crippen LogP) is 4.23. The third-order valence-electron chi connectivity index (χ3n) is 2.21. The lowest BCUT2D eigenvalue weighted by molar-refractivity contribution is 0.603. The number of unbranched alkanes of at least 4 members (excludes halogenated alkanes) is 1. The van der Waals surface area contributed by atoms with Gasteiger partial charge in [0.1, 0.15) is 5.15 Å². The summed E-state index contributed by atoms with van der Waals surface area (Å²) in [5.74, 6) is 0. The molecule has 2 N–H and O–H groups in total. The van der Waals surface area contributed by atoms with Crippen LogP contribution in [0.2, 0.25) is 15.2 Å². The molecule has 0 aromatic carbocycles. The highest BCUT2D eigenvalue weighted by Crippen LogP contribution is 2.34. The SMILES string of the molecule is CCCC[C@H](N)c1c(Cl)cnc(Cl)c1Cl. The van der Waals surface area contributed by atoms with E-state index in [9.17, 15) is 0 Å². The van der Waals surface area contributed by atoms with Crippen molar-refractivity contribution < 1.29 is 0 Å². The monoisotopic (exact) mass is 266 g/mol. The molecule has 1 heterocycles. The molecule has 1 aromatic heterocycles. The number of nitrogens with two attached hydrogens (primary N) is 1. The smallest absolute Gasteiger partial charge is 0.148 e. The highest BCUT2D eigenvalue weighted by atomic mass is 35.5. The van der Waals surface area contributed by atoms with Crippen LogP contribution in [0, 0.1) is 0 Å². The fraction of sp³-hybridized carbons (Fsp3) is 0.500. The van der Waals surface area contributed by atoms with Gasteiger partial charge in [-0.1, -0.05) is 54.6 Å². The fourth-order valence-electron chi connectivity index (χ4n) is 1.36. The second-order valence-electron chi connectivity index (χ2n) is 3.37. The van der Waals surface area contributed by atoms with Crippen LogP contribution in [0.1, 0.15) is 37.8 Å². The van der Waals surface area contributed by atoms with Gasteiger partial charge in [-0.25, -0.2) is 4.98 Å². The molecule has 2 nitrogen and oxygen atoms in total. The molecule has 1 rings (SSSR count). The summed E-state index contributed by atoms with van der Waals surface area (Å²) in [6.45, 7) is 2.11. The van der Waals surface area contributed by atoms with Gasteiger partial charge in [-0.2, -0.15) is 0 Å². The zero-order valence-electron chi connectivity index (χ0n) is 8.43. The third-order valence-corrected chi connectivity index (χ3v) is 3.27. The lowest BCUT2D eigenvalue weighted by Gasteiger charge is -2.15. The molecule has 0 saturated carbocycles. The summed E-state index contributed by atoms with van der Waals surface area (Å²) in [4.78, 5) is 3.85. The van der Waals surface area contributed by atoms with Gasteiger partial charge in [0.15, 0.2) is 0 Å². The fourth-order valence-corrected chi connectivity index (χ4v) is 2.14. The molecule has 0 saturated heterocycles. The summed E-state index contributed by atoms with van der Waals surface area (Å²) in [5, 5.41) is 1.10. The van der Waals surface area contributed by atoms with E-state index in [4.69, 9.17) is 40.5 Å². The second kappa shape index (κ2) is 5.90. The van der Waals surface area contributed by atoms with Crippen LogP contribution in [0.25, 0.3) is 0 Å². The summed E-state index contributed by atoms with van der Waals surface area (Å²) in [6, 6.07) is -0.176. The van der Waals surface area contributed by atoms with E-state index in [1.54, 1.807) is 0 Å². The summed E-state index contributed by atoms with van der Waals surface area (Å²) in [6.07, 6.45) is 4.45. The molecule has 0 amide bonds. The van der Waals surface area contributed by atoms with Crippen molar-refractivity contribution in [2.75, 3.05) is 0 Å². The van der Waals surface area contributed by atoms with Crippen LogP contribution in [0.15, 0.2) is 6.20 Å². The minimum absolute atomic E-state index is 0.176. The van der Waals surface area contributed by atoms with E-state index in [2.05, 4.69) is 11.9 Å². The van der Waals surface area contributed by atoms with Crippen molar-refractivity contribution >= 4 is 34.8 Å². The molecule has 0 radical (unpaired) electrons. The molecule has 84 valence electrons. The zero-order chi connectivity index (χ0) is 11.4. The van der Waals surface area contributed by atoms with E-state index in [-0.39, 0.29) is 11.2 Å². The van der Waals surface area contributed by atoms with Crippen LogP contribution in [0.4, 0.5) is 0 Å². The first kappa shape index (κ1) is 13.0. The van der Waals surface area contributed by atoms with E-state index >= 15 is 0 Å². The van der Waals surface area contributed by atoms with E-state index in [0.29, 0.717) is 15.6 Å². The van der Waals surface area contributed by atoms with Crippen molar-refractivity contribution in [1.29, 1.82) is 0 Å². The molecule has 15 heavy (non-hydrogen) atoms. The van der Waals surface area contributed by atoms with Gasteiger partial charge in [0.2, 0.25) is 0 Å². The number of hydrogen-bond acceptors (Lipinski definition) is 2.